The van der Waals surface area contributed by atoms with E-state index in [-0.39, 0.29) is 10.9 Å². The summed E-state index contributed by atoms with van der Waals surface area (Å²) in [5.41, 5.74) is 0.484. The van der Waals surface area contributed by atoms with E-state index in [4.69, 9.17) is 5.11 Å². The highest BCUT2D eigenvalue weighted by Crippen LogP contribution is 2.45. The van der Waals surface area contributed by atoms with Gasteiger partial charge in [-0.1, -0.05) is 0 Å². The molecule has 1 aromatic heterocycles. The first kappa shape index (κ1) is 12.6. The number of H-pyrrole nitrogens is 1. The van der Waals surface area contributed by atoms with E-state index in [1.165, 1.54) is 10.5 Å². The molecule has 0 radical (unpaired) electrons. The predicted octanol–water partition coefficient (Wildman–Crippen LogP) is 0.344. The van der Waals surface area contributed by atoms with Gasteiger partial charge in [0.2, 0.25) is 10.0 Å². The highest BCUT2D eigenvalue weighted by atomic mass is 32.2. The summed E-state index contributed by atoms with van der Waals surface area (Å²) in [7, 11) is -3.65. The molecule has 3 atom stereocenters. The normalized spacial score (nSPS) is 30.9. The molecule has 2 saturated heterocycles. The van der Waals surface area contributed by atoms with E-state index >= 15 is 0 Å². The summed E-state index contributed by atoms with van der Waals surface area (Å²) in [4.78, 5) is 11.3. The van der Waals surface area contributed by atoms with Crippen molar-refractivity contribution in [3.63, 3.8) is 0 Å². The van der Waals surface area contributed by atoms with Crippen LogP contribution in [0.5, 0.6) is 0 Å². The quantitative estimate of drug-likeness (QED) is 0.833. The second kappa shape index (κ2) is 4.04. The van der Waals surface area contributed by atoms with Crippen LogP contribution >= 0.6 is 0 Å². The summed E-state index contributed by atoms with van der Waals surface area (Å²) < 4.78 is 26.6. The second-order valence-electron chi connectivity index (χ2n) is 5.17. The van der Waals surface area contributed by atoms with Gasteiger partial charge in [0.15, 0.2) is 0 Å². The van der Waals surface area contributed by atoms with Crippen molar-refractivity contribution < 1.29 is 18.3 Å². The zero-order chi connectivity index (χ0) is 13.8. The van der Waals surface area contributed by atoms with E-state index in [0.29, 0.717) is 18.5 Å². The van der Waals surface area contributed by atoms with E-state index in [1.807, 2.05) is 0 Å². The Bertz CT molecular complexity index is 624. The molecule has 2 bridgehead atoms. The van der Waals surface area contributed by atoms with Crippen molar-refractivity contribution in [2.24, 2.45) is 5.92 Å². The first-order valence-corrected chi connectivity index (χ1v) is 7.63. The Hall–Kier alpha value is -1.41. The fourth-order valence-corrected chi connectivity index (χ4v) is 5.33. The van der Waals surface area contributed by atoms with Gasteiger partial charge in [0.25, 0.3) is 0 Å². The molecule has 1 aromatic rings. The van der Waals surface area contributed by atoms with Crippen LogP contribution < -0.4 is 0 Å². The highest BCUT2D eigenvalue weighted by molar-refractivity contribution is 7.89. The third-order valence-electron chi connectivity index (χ3n) is 4.13. The summed E-state index contributed by atoms with van der Waals surface area (Å²) in [5.74, 6) is -1.49. The molecule has 3 unspecified atom stereocenters. The number of sulfonamides is 1. The summed E-state index contributed by atoms with van der Waals surface area (Å²) in [6.07, 6.45) is 3.07. The molecular formula is C11H15N3O4S. The number of fused-ring (bicyclic) bond motifs is 2. The van der Waals surface area contributed by atoms with E-state index < -0.39 is 28.0 Å². The number of aromatic nitrogens is 2. The average Bonchev–Trinajstić information content (AvgIpc) is 3.01. The van der Waals surface area contributed by atoms with Gasteiger partial charge in [-0.2, -0.15) is 9.40 Å². The molecule has 7 nitrogen and oxygen atoms in total. The lowest BCUT2D eigenvalue weighted by Gasteiger charge is -2.22. The van der Waals surface area contributed by atoms with Gasteiger partial charge in [0, 0.05) is 12.1 Å². The number of carbonyl (C=O) groups is 1. The maximum absolute atomic E-state index is 12.6. The lowest BCUT2D eigenvalue weighted by atomic mass is 9.89. The van der Waals surface area contributed by atoms with Crippen molar-refractivity contribution in [1.29, 1.82) is 0 Å². The van der Waals surface area contributed by atoms with E-state index in [1.54, 1.807) is 6.92 Å². The Balaban J connectivity index is 2.00. The zero-order valence-electron chi connectivity index (χ0n) is 10.4. The van der Waals surface area contributed by atoms with Crippen LogP contribution in [-0.4, -0.2) is 46.1 Å². The molecule has 2 fully saturated rings. The molecule has 104 valence electrons. The molecule has 0 aromatic carbocycles. The first-order valence-electron chi connectivity index (χ1n) is 6.19. The summed E-state index contributed by atoms with van der Waals surface area (Å²) >= 11 is 0. The number of hydrogen-bond donors (Lipinski definition) is 2. The number of aromatic amines is 1. The van der Waals surface area contributed by atoms with Gasteiger partial charge in [-0.3, -0.25) is 9.89 Å². The van der Waals surface area contributed by atoms with Crippen molar-refractivity contribution in [3.05, 3.63) is 11.9 Å². The number of hydrogen-bond acceptors (Lipinski definition) is 4. The Morgan fingerprint density at radius 1 is 1.53 bits per heavy atom. The van der Waals surface area contributed by atoms with Crippen molar-refractivity contribution in [2.45, 2.75) is 43.2 Å². The third kappa shape index (κ3) is 1.70. The van der Waals surface area contributed by atoms with E-state index in [9.17, 15) is 13.2 Å². The molecule has 0 aliphatic carbocycles. The van der Waals surface area contributed by atoms with Crippen molar-refractivity contribution in [1.82, 2.24) is 14.5 Å². The topological polar surface area (TPSA) is 103 Å². The standard InChI is InChI=1S/C11H15N3O4S/c1-6-10(5-12-13-6)19(17,18)14-7-2-3-9(14)8(4-7)11(15)16/h5,7-9H,2-4H2,1H3,(H,12,13)(H,15,16). The molecule has 0 saturated carbocycles. The molecule has 19 heavy (non-hydrogen) atoms. The van der Waals surface area contributed by atoms with Gasteiger partial charge < -0.3 is 5.11 Å². The van der Waals surface area contributed by atoms with Gasteiger partial charge in [0.05, 0.1) is 17.8 Å². The number of nitrogens with one attached hydrogen (secondary N) is 1. The molecule has 2 aliphatic heterocycles. The molecule has 0 amide bonds. The van der Waals surface area contributed by atoms with Crippen LogP contribution in [0.3, 0.4) is 0 Å². The first-order chi connectivity index (χ1) is 8.93. The summed E-state index contributed by atoms with van der Waals surface area (Å²) in [5, 5.41) is 15.5. The number of aryl methyl sites for hydroxylation is 1. The van der Waals surface area contributed by atoms with E-state index in [2.05, 4.69) is 10.2 Å². The van der Waals surface area contributed by atoms with Crippen LogP contribution in [-0.2, 0) is 14.8 Å². The van der Waals surface area contributed by atoms with Crippen LogP contribution in [0.4, 0.5) is 0 Å². The number of aliphatic carboxylic acids is 1. The lowest BCUT2D eigenvalue weighted by Crippen LogP contribution is -2.37. The predicted molar refractivity (Wildman–Crippen MR) is 64.9 cm³/mol. The maximum Gasteiger partial charge on any atom is 0.308 e. The monoisotopic (exact) mass is 285 g/mol. The average molecular weight is 285 g/mol. The molecule has 8 heteroatoms. The van der Waals surface area contributed by atoms with Crippen LogP contribution in [0.2, 0.25) is 0 Å². The number of nitrogens with zero attached hydrogens (tertiary/aromatic N) is 2. The molecular weight excluding hydrogens is 270 g/mol. The fraction of sp³-hybridized carbons (Fsp3) is 0.636. The van der Waals surface area contributed by atoms with Crippen molar-refractivity contribution >= 4 is 16.0 Å². The highest BCUT2D eigenvalue weighted by Gasteiger charge is 2.54. The van der Waals surface area contributed by atoms with Gasteiger partial charge >= 0.3 is 5.97 Å². The van der Waals surface area contributed by atoms with Crippen LogP contribution in [0.1, 0.15) is 25.0 Å². The largest absolute Gasteiger partial charge is 0.481 e. The van der Waals surface area contributed by atoms with Gasteiger partial charge in [0.1, 0.15) is 4.90 Å². The molecule has 3 heterocycles. The van der Waals surface area contributed by atoms with Crippen LogP contribution in [0, 0.1) is 12.8 Å². The summed E-state index contributed by atoms with van der Waals surface area (Å²) in [6.45, 7) is 1.65. The molecule has 3 rings (SSSR count). The Morgan fingerprint density at radius 3 is 2.79 bits per heavy atom. The van der Waals surface area contributed by atoms with Crippen LogP contribution in [0.25, 0.3) is 0 Å². The second-order valence-corrected chi connectivity index (χ2v) is 6.98. The molecule has 2 N–H and O–H groups in total. The SMILES string of the molecule is Cc1[nH]ncc1S(=O)(=O)N1C2CCC1C(C(=O)O)C2. The fourth-order valence-electron chi connectivity index (χ4n) is 3.29. The number of rotatable bonds is 3. The smallest absolute Gasteiger partial charge is 0.308 e. The Labute approximate surface area is 110 Å². The van der Waals surface area contributed by atoms with Crippen molar-refractivity contribution in [2.75, 3.05) is 0 Å². The number of carboxylic acid groups (broad SMARTS) is 1. The minimum Gasteiger partial charge on any atom is -0.481 e. The minimum absolute atomic E-state index is 0.149. The van der Waals surface area contributed by atoms with Gasteiger partial charge in [-0.15, -0.1) is 0 Å². The zero-order valence-corrected chi connectivity index (χ0v) is 11.2. The van der Waals surface area contributed by atoms with E-state index in [0.717, 1.165) is 6.42 Å². The van der Waals surface area contributed by atoms with Crippen LogP contribution in [0.15, 0.2) is 11.1 Å². The molecule has 0 spiro atoms. The Kier molecular flexibility index (Phi) is 2.68. The Morgan fingerprint density at radius 2 is 2.26 bits per heavy atom. The lowest BCUT2D eigenvalue weighted by molar-refractivity contribution is -0.142. The van der Waals surface area contributed by atoms with Gasteiger partial charge in [-0.25, -0.2) is 8.42 Å². The summed E-state index contributed by atoms with van der Waals surface area (Å²) in [6, 6.07) is -0.604. The number of carboxylic acids is 1. The van der Waals surface area contributed by atoms with Crippen molar-refractivity contribution in [3.8, 4) is 0 Å². The minimum atomic E-state index is -3.65. The maximum atomic E-state index is 12.6. The van der Waals surface area contributed by atoms with Gasteiger partial charge in [-0.05, 0) is 26.2 Å². The molecule has 2 aliphatic rings. The third-order valence-corrected chi connectivity index (χ3v) is 6.22.